The number of sulfonamides is 1. The van der Waals surface area contributed by atoms with Crippen molar-refractivity contribution in [3.8, 4) is 0 Å². The topological polar surface area (TPSA) is 111 Å². The molecular weight excluding hydrogens is 222 g/mol. The molecule has 0 aliphatic carbocycles. The first-order chi connectivity index (χ1) is 6.95. The van der Waals surface area contributed by atoms with Gasteiger partial charge in [0.2, 0.25) is 15.9 Å². The summed E-state index contributed by atoms with van der Waals surface area (Å²) >= 11 is 0. The first kappa shape index (κ1) is 14.3. The molecule has 0 radical (unpaired) electrons. The molecule has 0 spiro atoms. The summed E-state index contributed by atoms with van der Waals surface area (Å²) in [4.78, 5) is 11.0. The summed E-state index contributed by atoms with van der Waals surface area (Å²) in [5.41, 5.74) is 0. The van der Waals surface area contributed by atoms with Crippen LogP contribution in [0.2, 0.25) is 0 Å². The van der Waals surface area contributed by atoms with E-state index in [2.05, 4.69) is 10.6 Å². The molecule has 7 nitrogen and oxygen atoms in total. The highest BCUT2D eigenvalue weighted by atomic mass is 32.2. The Balaban J connectivity index is 3.42. The second-order valence-corrected chi connectivity index (χ2v) is 4.62. The standard InChI is InChI=1S/C7H17N3O4S/c1-14-4-2-9-6-7(11)10-3-5-15(8,12)13/h9H,2-6H2,1H3,(H,10,11)(H2,8,12,13). The first-order valence-corrected chi connectivity index (χ1v) is 6.14. The van der Waals surface area contributed by atoms with Gasteiger partial charge in [-0.3, -0.25) is 4.79 Å². The van der Waals surface area contributed by atoms with Crippen LogP contribution in [0, 0.1) is 0 Å². The molecule has 0 saturated heterocycles. The zero-order chi connectivity index (χ0) is 11.7. The van der Waals surface area contributed by atoms with E-state index in [1.165, 1.54) is 0 Å². The third-order valence-electron chi connectivity index (χ3n) is 1.48. The molecule has 0 aromatic heterocycles. The van der Waals surface area contributed by atoms with Gasteiger partial charge in [-0.05, 0) is 0 Å². The van der Waals surface area contributed by atoms with Gasteiger partial charge in [0.25, 0.3) is 0 Å². The van der Waals surface area contributed by atoms with Gasteiger partial charge in [-0.1, -0.05) is 0 Å². The van der Waals surface area contributed by atoms with Gasteiger partial charge in [0.05, 0.1) is 18.9 Å². The van der Waals surface area contributed by atoms with Crippen molar-refractivity contribution in [1.82, 2.24) is 10.6 Å². The minimum absolute atomic E-state index is 0.0314. The number of carbonyl (C=O) groups excluding carboxylic acids is 1. The van der Waals surface area contributed by atoms with Crippen LogP contribution in [-0.4, -0.2) is 53.4 Å². The lowest BCUT2D eigenvalue weighted by Gasteiger charge is -2.05. The Morgan fingerprint density at radius 2 is 2.07 bits per heavy atom. The third kappa shape index (κ3) is 11.2. The van der Waals surface area contributed by atoms with Crippen LogP contribution in [0.25, 0.3) is 0 Å². The lowest BCUT2D eigenvalue weighted by Crippen LogP contribution is -2.38. The normalized spacial score (nSPS) is 11.3. The van der Waals surface area contributed by atoms with Crippen LogP contribution in [0.3, 0.4) is 0 Å². The second kappa shape index (κ2) is 7.57. The lowest BCUT2D eigenvalue weighted by molar-refractivity contribution is -0.120. The van der Waals surface area contributed by atoms with E-state index in [-0.39, 0.29) is 24.7 Å². The molecule has 0 heterocycles. The zero-order valence-corrected chi connectivity index (χ0v) is 9.47. The van der Waals surface area contributed by atoms with Gasteiger partial charge < -0.3 is 15.4 Å². The maximum absolute atomic E-state index is 11.0. The van der Waals surface area contributed by atoms with Crippen LogP contribution >= 0.6 is 0 Å². The summed E-state index contributed by atoms with van der Waals surface area (Å²) in [5, 5.41) is 9.98. The summed E-state index contributed by atoms with van der Waals surface area (Å²) in [6.45, 7) is 1.25. The van der Waals surface area contributed by atoms with Gasteiger partial charge in [0.1, 0.15) is 0 Å². The summed E-state index contributed by atoms with van der Waals surface area (Å²) in [6, 6.07) is 0. The number of amides is 1. The van der Waals surface area contributed by atoms with Gasteiger partial charge in [-0.15, -0.1) is 0 Å². The van der Waals surface area contributed by atoms with E-state index in [9.17, 15) is 13.2 Å². The van der Waals surface area contributed by atoms with Crippen molar-refractivity contribution in [2.75, 3.05) is 39.1 Å². The Labute approximate surface area is 89.4 Å². The molecule has 0 bridgehead atoms. The van der Waals surface area contributed by atoms with Crippen LogP contribution in [0.15, 0.2) is 0 Å². The van der Waals surface area contributed by atoms with E-state index >= 15 is 0 Å². The number of carbonyl (C=O) groups is 1. The number of ether oxygens (including phenoxy) is 1. The molecule has 8 heteroatoms. The molecule has 0 fully saturated rings. The minimum atomic E-state index is -3.50. The largest absolute Gasteiger partial charge is 0.383 e. The number of methoxy groups -OCH3 is 1. The van der Waals surface area contributed by atoms with Gasteiger partial charge in [-0.25, -0.2) is 13.6 Å². The Morgan fingerprint density at radius 1 is 1.40 bits per heavy atom. The van der Waals surface area contributed by atoms with Crippen molar-refractivity contribution in [2.45, 2.75) is 0 Å². The van der Waals surface area contributed by atoms with E-state index in [1.807, 2.05) is 0 Å². The third-order valence-corrected chi connectivity index (χ3v) is 2.25. The average molecular weight is 239 g/mol. The molecule has 0 saturated carbocycles. The van der Waals surface area contributed by atoms with Gasteiger partial charge in [0, 0.05) is 20.2 Å². The summed E-state index contributed by atoms with van der Waals surface area (Å²) in [7, 11) is -1.94. The van der Waals surface area contributed by atoms with Crippen LogP contribution in [-0.2, 0) is 19.6 Å². The Kier molecular flexibility index (Phi) is 7.22. The summed E-state index contributed by atoms with van der Waals surface area (Å²) < 4.78 is 25.8. The second-order valence-electron chi connectivity index (χ2n) is 2.89. The summed E-state index contributed by atoms with van der Waals surface area (Å²) in [6.07, 6.45) is 0. The Hall–Kier alpha value is -0.700. The van der Waals surface area contributed by atoms with Crippen molar-refractivity contribution in [1.29, 1.82) is 0 Å². The lowest BCUT2D eigenvalue weighted by atomic mass is 10.5. The quantitative estimate of drug-likeness (QED) is 0.410. The Bertz CT molecular complexity index is 278. The number of primary sulfonamides is 1. The highest BCUT2D eigenvalue weighted by molar-refractivity contribution is 7.89. The van der Waals surface area contributed by atoms with Crippen molar-refractivity contribution in [3.05, 3.63) is 0 Å². The van der Waals surface area contributed by atoms with Gasteiger partial charge in [-0.2, -0.15) is 0 Å². The van der Waals surface area contributed by atoms with Crippen molar-refractivity contribution >= 4 is 15.9 Å². The van der Waals surface area contributed by atoms with E-state index < -0.39 is 10.0 Å². The first-order valence-electron chi connectivity index (χ1n) is 4.42. The highest BCUT2D eigenvalue weighted by Crippen LogP contribution is 1.74. The number of nitrogens with two attached hydrogens (primary N) is 1. The maximum Gasteiger partial charge on any atom is 0.233 e. The molecule has 0 aromatic carbocycles. The van der Waals surface area contributed by atoms with Gasteiger partial charge in [0.15, 0.2) is 0 Å². The van der Waals surface area contributed by atoms with Crippen molar-refractivity contribution in [3.63, 3.8) is 0 Å². The number of nitrogens with one attached hydrogen (secondary N) is 2. The van der Waals surface area contributed by atoms with E-state index in [1.54, 1.807) is 7.11 Å². The molecule has 15 heavy (non-hydrogen) atoms. The minimum Gasteiger partial charge on any atom is -0.383 e. The van der Waals surface area contributed by atoms with E-state index in [4.69, 9.17) is 9.88 Å². The van der Waals surface area contributed by atoms with Crippen LogP contribution < -0.4 is 15.8 Å². The molecular formula is C7H17N3O4S. The molecule has 0 atom stereocenters. The SMILES string of the molecule is COCCNCC(=O)NCCS(N)(=O)=O. The van der Waals surface area contributed by atoms with E-state index in [0.717, 1.165) is 0 Å². The summed E-state index contributed by atoms with van der Waals surface area (Å²) in [5.74, 6) is -0.522. The Morgan fingerprint density at radius 3 is 2.60 bits per heavy atom. The number of rotatable bonds is 8. The monoisotopic (exact) mass is 239 g/mol. The number of hydrogen-bond acceptors (Lipinski definition) is 5. The van der Waals surface area contributed by atoms with Crippen LogP contribution in [0.1, 0.15) is 0 Å². The fourth-order valence-electron chi connectivity index (χ4n) is 0.771. The molecule has 90 valence electrons. The molecule has 0 unspecified atom stereocenters. The fourth-order valence-corrected chi connectivity index (χ4v) is 1.16. The van der Waals surface area contributed by atoms with Gasteiger partial charge >= 0.3 is 0 Å². The molecule has 0 rings (SSSR count). The molecule has 0 aliphatic heterocycles. The highest BCUT2D eigenvalue weighted by Gasteiger charge is 2.04. The predicted octanol–water partition coefficient (Wildman–Crippen LogP) is -2.37. The fraction of sp³-hybridized carbons (Fsp3) is 0.857. The molecule has 1 amide bonds. The van der Waals surface area contributed by atoms with Crippen molar-refractivity contribution in [2.24, 2.45) is 5.14 Å². The predicted molar refractivity (Wildman–Crippen MR) is 55.7 cm³/mol. The zero-order valence-electron chi connectivity index (χ0n) is 8.65. The molecule has 0 aliphatic rings. The van der Waals surface area contributed by atoms with Crippen LogP contribution in [0.5, 0.6) is 0 Å². The number of hydrogen-bond donors (Lipinski definition) is 3. The van der Waals surface area contributed by atoms with E-state index in [0.29, 0.717) is 13.2 Å². The smallest absolute Gasteiger partial charge is 0.233 e. The molecule has 0 aromatic rings. The average Bonchev–Trinajstić information content (AvgIpc) is 2.10. The van der Waals surface area contributed by atoms with Crippen LogP contribution in [0.4, 0.5) is 0 Å². The van der Waals surface area contributed by atoms with Crippen molar-refractivity contribution < 1.29 is 17.9 Å². The maximum atomic E-state index is 11.0. The molecule has 4 N–H and O–H groups in total.